The molecule has 2 rings (SSSR count). The number of halogens is 1. The van der Waals surface area contributed by atoms with Crippen molar-refractivity contribution < 1.29 is 13.9 Å². The number of esters is 1. The van der Waals surface area contributed by atoms with Crippen molar-refractivity contribution in [3.8, 4) is 11.1 Å². The summed E-state index contributed by atoms with van der Waals surface area (Å²) in [5.41, 5.74) is 1.79. The summed E-state index contributed by atoms with van der Waals surface area (Å²) in [6.45, 7) is 2.06. The molecule has 0 aliphatic carbocycles. The van der Waals surface area contributed by atoms with Gasteiger partial charge in [0, 0.05) is 18.0 Å². The van der Waals surface area contributed by atoms with Gasteiger partial charge in [-0.1, -0.05) is 12.1 Å². The topological polar surface area (TPSA) is 39.2 Å². The number of ether oxygens (including phenoxy) is 1. The van der Waals surface area contributed by atoms with Crippen molar-refractivity contribution in [2.75, 3.05) is 6.61 Å². The second-order valence-corrected chi connectivity index (χ2v) is 3.65. The predicted molar refractivity (Wildman–Crippen MR) is 65.6 cm³/mol. The Labute approximate surface area is 104 Å². The maximum absolute atomic E-state index is 12.9. The molecule has 4 heteroatoms. The van der Waals surface area contributed by atoms with Crippen LogP contribution in [0.2, 0.25) is 0 Å². The highest BCUT2D eigenvalue weighted by atomic mass is 19.1. The van der Waals surface area contributed by atoms with E-state index in [1.165, 1.54) is 18.3 Å². The van der Waals surface area contributed by atoms with Crippen LogP contribution >= 0.6 is 0 Å². The number of pyridine rings is 1. The van der Waals surface area contributed by atoms with Crippen LogP contribution in [0.5, 0.6) is 0 Å². The average molecular weight is 245 g/mol. The minimum absolute atomic E-state index is 0.310. The molecule has 3 nitrogen and oxygen atoms in total. The highest BCUT2D eigenvalue weighted by Gasteiger charge is 2.13. The van der Waals surface area contributed by atoms with Crippen molar-refractivity contribution in [3.63, 3.8) is 0 Å². The van der Waals surface area contributed by atoms with Crippen LogP contribution in [0, 0.1) is 5.82 Å². The molecule has 0 aliphatic heterocycles. The molecule has 0 spiro atoms. The van der Waals surface area contributed by atoms with Gasteiger partial charge < -0.3 is 4.74 Å². The normalized spacial score (nSPS) is 10.1. The van der Waals surface area contributed by atoms with Crippen LogP contribution in [0.1, 0.15) is 17.3 Å². The highest BCUT2D eigenvalue weighted by molar-refractivity contribution is 5.96. The molecule has 1 aromatic heterocycles. The summed E-state index contributed by atoms with van der Waals surface area (Å²) in [4.78, 5) is 15.8. The van der Waals surface area contributed by atoms with Gasteiger partial charge in [0.2, 0.25) is 0 Å². The highest BCUT2D eigenvalue weighted by Crippen LogP contribution is 2.23. The lowest BCUT2D eigenvalue weighted by Crippen LogP contribution is -2.06. The minimum Gasteiger partial charge on any atom is -0.462 e. The van der Waals surface area contributed by atoms with Gasteiger partial charge in [-0.05, 0) is 30.7 Å². The van der Waals surface area contributed by atoms with E-state index in [9.17, 15) is 9.18 Å². The van der Waals surface area contributed by atoms with E-state index in [-0.39, 0.29) is 5.82 Å². The first-order chi connectivity index (χ1) is 8.72. The van der Waals surface area contributed by atoms with E-state index >= 15 is 0 Å². The lowest BCUT2D eigenvalue weighted by atomic mass is 10.0. The summed E-state index contributed by atoms with van der Waals surface area (Å²) in [5.74, 6) is -0.723. The Balaban J connectivity index is 2.44. The van der Waals surface area contributed by atoms with E-state index in [0.29, 0.717) is 17.7 Å². The van der Waals surface area contributed by atoms with Crippen molar-refractivity contribution in [2.24, 2.45) is 0 Å². The fourth-order valence-electron chi connectivity index (χ4n) is 1.64. The molecule has 0 saturated heterocycles. The molecule has 92 valence electrons. The lowest BCUT2D eigenvalue weighted by Gasteiger charge is -2.08. The smallest absolute Gasteiger partial charge is 0.338 e. The molecule has 0 fully saturated rings. The summed E-state index contributed by atoms with van der Waals surface area (Å²) in [7, 11) is 0. The van der Waals surface area contributed by atoms with Gasteiger partial charge in [0.05, 0.1) is 12.2 Å². The molecule has 1 heterocycles. The maximum Gasteiger partial charge on any atom is 0.338 e. The predicted octanol–water partition coefficient (Wildman–Crippen LogP) is 3.06. The van der Waals surface area contributed by atoms with Crippen molar-refractivity contribution in [1.82, 2.24) is 4.98 Å². The van der Waals surface area contributed by atoms with Gasteiger partial charge in [-0.25, -0.2) is 9.18 Å². The van der Waals surface area contributed by atoms with Crippen LogP contribution in [0.3, 0.4) is 0 Å². The molecule has 1 aromatic carbocycles. The Hall–Kier alpha value is -2.23. The molecule has 0 atom stereocenters. The van der Waals surface area contributed by atoms with Crippen molar-refractivity contribution in [1.29, 1.82) is 0 Å². The second-order valence-electron chi connectivity index (χ2n) is 3.65. The van der Waals surface area contributed by atoms with E-state index in [4.69, 9.17) is 4.74 Å². The molecule has 0 unspecified atom stereocenters. The largest absolute Gasteiger partial charge is 0.462 e. The zero-order valence-corrected chi connectivity index (χ0v) is 9.89. The Morgan fingerprint density at radius 3 is 2.67 bits per heavy atom. The van der Waals surface area contributed by atoms with Gasteiger partial charge in [0.25, 0.3) is 0 Å². The Morgan fingerprint density at radius 1 is 1.28 bits per heavy atom. The van der Waals surface area contributed by atoms with Crippen molar-refractivity contribution in [2.45, 2.75) is 6.92 Å². The quantitative estimate of drug-likeness (QED) is 0.780. The number of benzene rings is 1. The number of carbonyl (C=O) groups excluding carboxylic acids is 1. The molecule has 0 N–H and O–H groups in total. The Kier molecular flexibility index (Phi) is 3.67. The van der Waals surface area contributed by atoms with Crippen LogP contribution in [-0.4, -0.2) is 17.6 Å². The van der Waals surface area contributed by atoms with Crippen LogP contribution < -0.4 is 0 Å². The van der Waals surface area contributed by atoms with E-state index in [1.54, 1.807) is 31.3 Å². The first kappa shape index (κ1) is 12.2. The molecule has 0 amide bonds. The fraction of sp³-hybridized carbons (Fsp3) is 0.143. The van der Waals surface area contributed by atoms with E-state index < -0.39 is 5.97 Å². The Morgan fingerprint density at radius 2 is 2.00 bits per heavy atom. The number of hydrogen-bond donors (Lipinski definition) is 0. The summed E-state index contributed by atoms with van der Waals surface area (Å²) < 4.78 is 17.8. The first-order valence-corrected chi connectivity index (χ1v) is 5.59. The SMILES string of the molecule is CCOC(=O)c1ccncc1-c1ccc(F)cc1. The van der Waals surface area contributed by atoms with Gasteiger partial charge in [-0.15, -0.1) is 0 Å². The summed E-state index contributed by atoms with van der Waals surface area (Å²) in [6, 6.07) is 7.50. The summed E-state index contributed by atoms with van der Waals surface area (Å²) >= 11 is 0. The van der Waals surface area contributed by atoms with Gasteiger partial charge in [0.1, 0.15) is 5.82 Å². The summed E-state index contributed by atoms with van der Waals surface area (Å²) in [5, 5.41) is 0. The van der Waals surface area contributed by atoms with Gasteiger partial charge in [-0.2, -0.15) is 0 Å². The standard InChI is InChI=1S/C14H12FNO2/c1-2-18-14(17)12-7-8-16-9-13(12)10-3-5-11(15)6-4-10/h3-9H,2H2,1H3. The van der Waals surface area contributed by atoms with Crippen molar-refractivity contribution in [3.05, 3.63) is 54.1 Å². The number of carbonyl (C=O) groups is 1. The number of nitrogens with zero attached hydrogens (tertiary/aromatic N) is 1. The monoisotopic (exact) mass is 245 g/mol. The Bertz CT molecular complexity index is 552. The lowest BCUT2D eigenvalue weighted by molar-refractivity contribution is 0.0527. The van der Waals surface area contributed by atoms with Crippen LogP contribution in [0.25, 0.3) is 11.1 Å². The summed E-state index contributed by atoms with van der Waals surface area (Å²) in [6.07, 6.45) is 3.10. The third-order valence-electron chi connectivity index (χ3n) is 2.47. The zero-order chi connectivity index (χ0) is 13.0. The minimum atomic E-state index is -0.403. The van der Waals surface area contributed by atoms with Gasteiger partial charge >= 0.3 is 5.97 Å². The van der Waals surface area contributed by atoms with Gasteiger partial charge in [-0.3, -0.25) is 4.98 Å². The molecular weight excluding hydrogens is 233 g/mol. The molecule has 0 aliphatic rings. The maximum atomic E-state index is 12.9. The zero-order valence-electron chi connectivity index (χ0n) is 9.89. The molecule has 0 bridgehead atoms. The van der Waals surface area contributed by atoms with Crippen LogP contribution in [0.15, 0.2) is 42.7 Å². The van der Waals surface area contributed by atoms with Crippen molar-refractivity contribution >= 4 is 5.97 Å². The van der Waals surface area contributed by atoms with E-state index in [0.717, 1.165) is 5.56 Å². The first-order valence-electron chi connectivity index (χ1n) is 5.59. The van der Waals surface area contributed by atoms with Gasteiger partial charge in [0.15, 0.2) is 0 Å². The van der Waals surface area contributed by atoms with Crippen LogP contribution in [0.4, 0.5) is 4.39 Å². The third-order valence-corrected chi connectivity index (χ3v) is 2.47. The molecule has 18 heavy (non-hydrogen) atoms. The molecule has 2 aromatic rings. The number of hydrogen-bond acceptors (Lipinski definition) is 3. The van der Waals surface area contributed by atoms with Crippen LogP contribution in [-0.2, 0) is 4.74 Å². The average Bonchev–Trinajstić information content (AvgIpc) is 2.40. The fourth-order valence-corrected chi connectivity index (χ4v) is 1.64. The number of rotatable bonds is 3. The second kappa shape index (κ2) is 5.40. The molecule has 0 radical (unpaired) electrons. The number of aromatic nitrogens is 1. The molecular formula is C14H12FNO2. The third kappa shape index (κ3) is 2.53. The van der Waals surface area contributed by atoms with E-state index in [2.05, 4.69) is 4.98 Å². The molecule has 0 saturated carbocycles. The van der Waals surface area contributed by atoms with E-state index in [1.807, 2.05) is 0 Å².